The maximum absolute atomic E-state index is 5.65. The molecule has 0 spiro atoms. The van der Waals surface area contributed by atoms with Gasteiger partial charge in [-0.25, -0.2) is 9.97 Å². The van der Waals surface area contributed by atoms with E-state index >= 15 is 0 Å². The summed E-state index contributed by atoms with van der Waals surface area (Å²) in [5.74, 6) is 0.586. The largest absolute Gasteiger partial charge is 0.348 e. The van der Waals surface area contributed by atoms with Gasteiger partial charge in [-0.05, 0) is 31.5 Å². The molecule has 0 saturated carbocycles. The van der Waals surface area contributed by atoms with Gasteiger partial charge in [0.2, 0.25) is 5.95 Å². The highest BCUT2D eigenvalue weighted by Crippen LogP contribution is 2.17. The van der Waals surface area contributed by atoms with E-state index in [1.807, 2.05) is 26.0 Å². The minimum atomic E-state index is -0.210. The van der Waals surface area contributed by atoms with Crippen molar-refractivity contribution in [2.45, 2.75) is 19.4 Å². The predicted molar refractivity (Wildman–Crippen MR) is 72.0 cm³/mol. The fourth-order valence-electron chi connectivity index (χ4n) is 1.44. The van der Waals surface area contributed by atoms with Gasteiger partial charge in [0.1, 0.15) is 0 Å². The summed E-state index contributed by atoms with van der Waals surface area (Å²) in [6.07, 6.45) is 7.08. The van der Waals surface area contributed by atoms with Crippen LogP contribution in [0, 0.1) is 0 Å². The van der Waals surface area contributed by atoms with Gasteiger partial charge in [0, 0.05) is 42.4 Å². The molecule has 18 heavy (non-hydrogen) atoms. The van der Waals surface area contributed by atoms with Gasteiger partial charge in [-0.15, -0.1) is 0 Å². The second-order valence-electron chi connectivity index (χ2n) is 4.74. The molecule has 0 atom stereocenters. The van der Waals surface area contributed by atoms with E-state index in [0.29, 0.717) is 12.5 Å². The quantitative estimate of drug-likeness (QED) is 0.854. The molecule has 5 nitrogen and oxygen atoms in total. The molecule has 0 fully saturated rings. The number of anilines is 1. The Morgan fingerprint density at radius 2 is 1.72 bits per heavy atom. The number of pyridine rings is 1. The van der Waals surface area contributed by atoms with Crippen LogP contribution >= 0.6 is 0 Å². The zero-order valence-electron chi connectivity index (χ0n) is 10.6. The summed E-state index contributed by atoms with van der Waals surface area (Å²) >= 11 is 0. The summed E-state index contributed by atoms with van der Waals surface area (Å²) in [5, 5.41) is 3.19. The molecular weight excluding hydrogens is 226 g/mol. The van der Waals surface area contributed by atoms with Crippen molar-refractivity contribution < 1.29 is 0 Å². The smallest absolute Gasteiger partial charge is 0.223 e. The minimum Gasteiger partial charge on any atom is -0.348 e. The molecule has 3 N–H and O–H groups in total. The summed E-state index contributed by atoms with van der Waals surface area (Å²) < 4.78 is 0. The molecule has 2 rings (SSSR count). The van der Waals surface area contributed by atoms with E-state index in [4.69, 9.17) is 5.73 Å². The Kier molecular flexibility index (Phi) is 3.53. The molecule has 0 aromatic carbocycles. The van der Waals surface area contributed by atoms with Crippen LogP contribution in [-0.2, 0) is 0 Å². The van der Waals surface area contributed by atoms with Gasteiger partial charge < -0.3 is 11.1 Å². The van der Waals surface area contributed by atoms with Gasteiger partial charge in [-0.2, -0.15) is 0 Å². The lowest BCUT2D eigenvalue weighted by molar-refractivity contribution is 0.574. The molecule has 2 aromatic rings. The molecule has 0 bridgehead atoms. The fraction of sp³-hybridized carbons (Fsp3) is 0.308. The molecule has 0 amide bonds. The number of hydrogen-bond donors (Lipinski definition) is 2. The second kappa shape index (κ2) is 5.10. The third kappa shape index (κ3) is 3.01. The van der Waals surface area contributed by atoms with Gasteiger partial charge in [0.05, 0.1) is 0 Å². The first-order valence-corrected chi connectivity index (χ1v) is 5.81. The Balaban J connectivity index is 2.16. The van der Waals surface area contributed by atoms with E-state index in [9.17, 15) is 0 Å². The topological polar surface area (TPSA) is 76.7 Å². The van der Waals surface area contributed by atoms with Crippen molar-refractivity contribution in [1.29, 1.82) is 0 Å². The van der Waals surface area contributed by atoms with E-state index in [1.165, 1.54) is 0 Å². The van der Waals surface area contributed by atoms with E-state index in [1.54, 1.807) is 24.8 Å². The molecule has 2 heterocycles. The zero-order chi connectivity index (χ0) is 13.0. The first-order chi connectivity index (χ1) is 8.61. The molecule has 2 aromatic heterocycles. The summed E-state index contributed by atoms with van der Waals surface area (Å²) in [4.78, 5) is 12.6. The molecule has 0 aliphatic carbocycles. The Morgan fingerprint density at radius 3 is 2.28 bits per heavy atom. The van der Waals surface area contributed by atoms with Crippen LogP contribution < -0.4 is 11.1 Å². The van der Waals surface area contributed by atoms with Crippen molar-refractivity contribution in [2.24, 2.45) is 5.73 Å². The lowest BCUT2D eigenvalue weighted by atomic mass is 10.1. The van der Waals surface area contributed by atoms with Crippen LogP contribution in [-0.4, -0.2) is 27.0 Å². The number of hydrogen-bond acceptors (Lipinski definition) is 5. The van der Waals surface area contributed by atoms with Crippen LogP contribution in [0.4, 0.5) is 5.95 Å². The molecule has 0 radical (unpaired) electrons. The van der Waals surface area contributed by atoms with Crippen molar-refractivity contribution in [3.05, 3.63) is 36.9 Å². The standard InChI is InChI=1S/C13H17N5/c1-13(2,9-14)18-12-16-7-11(8-17-12)10-3-5-15-6-4-10/h3-8H,9,14H2,1-2H3,(H,16,17,18). The van der Waals surface area contributed by atoms with Gasteiger partial charge in [-0.1, -0.05) is 0 Å². The van der Waals surface area contributed by atoms with Gasteiger partial charge >= 0.3 is 0 Å². The van der Waals surface area contributed by atoms with Crippen molar-refractivity contribution in [3.8, 4) is 11.1 Å². The molecule has 94 valence electrons. The van der Waals surface area contributed by atoms with Crippen molar-refractivity contribution in [3.63, 3.8) is 0 Å². The second-order valence-corrected chi connectivity index (χ2v) is 4.74. The summed E-state index contributed by atoms with van der Waals surface area (Å²) in [5.41, 5.74) is 7.46. The highest BCUT2D eigenvalue weighted by molar-refractivity contribution is 5.61. The number of nitrogens with two attached hydrogens (primary N) is 1. The predicted octanol–water partition coefficient (Wildman–Crippen LogP) is 1.69. The van der Waals surface area contributed by atoms with Gasteiger partial charge in [-0.3, -0.25) is 4.98 Å². The Morgan fingerprint density at radius 1 is 1.11 bits per heavy atom. The number of rotatable bonds is 4. The molecule has 0 aliphatic heterocycles. The average molecular weight is 243 g/mol. The van der Waals surface area contributed by atoms with Crippen molar-refractivity contribution in [2.75, 3.05) is 11.9 Å². The molecule has 0 saturated heterocycles. The Hall–Kier alpha value is -2.01. The highest BCUT2D eigenvalue weighted by Gasteiger charge is 2.15. The minimum absolute atomic E-state index is 0.210. The van der Waals surface area contributed by atoms with Crippen LogP contribution in [0.5, 0.6) is 0 Å². The SMILES string of the molecule is CC(C)(CN)Nc1ncc(-c2ccncc2)cn1. The summed E-state index contributed by atoms with van der Waals surface area (Å²) in [6, 6.07) is 3.85. The van der Waals surface area contributed by atoms with Crippen LogP contribution in [0.1, 0.15) is 13.8 Å². The monoisotopic (exact) mass is 243 g/mol. The van der Waals surface area contributed by atoms with E-state index < -0.39 is 0 Å². The van der Waals surface area contributed by atoms with Gasteiger partial charge in [0.25, 0.3) is 0 Å². The average Bonchev–Trinajstić information content (AvgIpc) is 2.40. The molecular formula is C13H17N5. The van der Waals surface area contributed by atoms with Crippen LogP contribution in [0.15, 0.2) is 36.9 Å². The molecule has 5 heteroatoms. The number of nitrogens with one attached hydrogen (secondary N) is 1. The number of nitrogens with zero attached hydrogens (tertiary/aromatic N) is 3. The maximum Gasteiger partial charge on any atom is 0.223 e. The van der Waals surface area contributed by atoms with Crippen molar-refractivity contribution in [1.82, 2.24) is 15.0 Å². The third-order valence-corrected chi connectivity index (χ3v) is 2.63. The Labute approximate surface area is 106 Å². The van der Waals surface area contributed by atoms with E-state index in [2.05, 4.69) is 20.3 Å². The first-order valence-electron chi connectivity index (χ1n) is 5.81. The van der Waals surface area contributed by atoms with E-state index in [0.717, 1.165) is 11.1 Å². The van der Waals surface area contributed by atoms with Crippen molar-refractivity contribution >= 4 is 5.95 Å². The lowest BCUT2D eigenvalue weighted by Gasteiger charge is -2.23. The van der Waals surface area contributed by atoms with Crippen LogP contribution in [0.2, 0.25) is 0 Å². The fourth-order valence-corrected chi connectivity index (χ4v) is 1.44. The number of aromatic nitrogens is 3. The van der Waals surface area contributed by atoms with Crippen LogP contribution in [0.25, 0.3) is 11.1 Å². The third-order valence-electron chi connectivity index (χ3n) is 2.63. The summed E-state index contributed by atoms with van der Waals surface area (Å²) in [6.45, 7) is 4.53. The van der Waals surface area contributed by atoms with Gasteiger partial charge in [0.15, 0.2) is 0 Å². The van der Waals surface area contributed by atoms with Crippen LogP contribution in [0.3, 0.4) is 0 Å². The molecule has 0 unspecified atom stereocenters. The Bertz CT molecular complexity index is 493. The normalized spacial score (nSPS) is 11.3. The summed E-state index contributed by atoms with van der Waals surface area (Å²) in [7, 11) is 0. The highest BCUT2D eigenvalue weighted by atomic mass is 15.1. The first kappa shape index (κ1) is 12.4. The maximum atomic E-state index is 5.65. The molecule has 0 aliphatic rings. The lowest BCUT2D eigenvalue weighted by Crippen LogP contribution is -2.39. The zero-order valence-corrected chi connectivity index (χ0v) is 10.6. The van der Waals surface area contributed by atoms with E-state index in [-0.39, 0.29) is 5.54 Å².